The molecule has 27 heavy (non-hydrogen) atoms. The molecule has 0 unspecified atom stereocenters. The lowest BCUT2D eigenvalue weighted by Gasteiger charge is -2.38. The van der Waals surface area contributed by atoms with Crippen LogP contribution in [0.1, 0.15) is 22.1 Å². The fourth-order valence-electron chi connectivity index (χ4n) is 3.01. The molecule has 1 aliphatic rings. The van der Waals surface area contributed by atoms with Crippen molar-refractivity contribution in [2.45, 2.75) is 12.3 Å². The predicted octanol–water partition coefficient (Wildman–Crippen LogP) is 4.49. The standard InChI is InChI=1S/C18H16ClF3N2O3/c1-26-14-8-10(7-12(19)15(14)27-2)16-23-13-6-4-3-5-11(13)17(25)24(16)9-18(20,21)22/h3-8,16,23H,9H2,1-2H3/t16-/m0/s1. The fraction of sp³-hybridized carbons (Fsp3) is 0.278. The van der Waals surface area contributed by atoms with Gasteiger partial charge in [0.05, 0.1) is 24.8 Å². The van der Waals surface area contributed by atoms with E-state index < -0.39 is 24.8 Å². The largest absolute Gasteiger partial charge is 0.493 e. The van der Waals surface area contributed by atoms with Crippen molar-refractivity contribution in [3.8, 4) is 11.5 Å². The van der Waals surface area contributed by atoms with Crippen LogP contribution in [0, 0.1) is 0 Å². The zero-order valence-corrected chi connectivity index (χ0v) is 15.2. The van der Waals surface area contributed by atoms with E-state index in [1.54, 1.807) is 18.2 Å². The molecule has 0 aromatic heterocycles. The molecule has 0 saturated heterocycles. The summed E-state index contributed by atoms with van der Waals surface area (Å²) in [5.41, 5.74) is 0.950. The summed E-state index contributed by atoms with van der Waals surface area (Å²) in [6.07, 6.45) is -5.64. The summed E-state index contributed by atoms with van der Waals surface area (Å²) in [6, 6.07) is 9.34. The van der Waals surface area contributed by atoms with E-state index >= 15 is 0 Å². The minimum absolute atomic E-state index is 0.159. The lowest BCUT2D eigenvalue weighted by molar-refractivity contribution is -0.144. The first-order valence-corrected chi connectivity index (χ1v) is 8.27. The second kappa shape index (κ2) is 7.19. The quantitative estimate of drug-likeness (QED) is 0.821. The predicted molar refractivity (Wildman–Crippen MR) is 94.5 cm³/mol. The lowest BCUT2D eigenvalue weighted by Crippen LogP contribution is -2.47. The van der Waals surface area contributed by atoms with Crippen molar-refractivity contribution in [2.24, 2.45) is 0 Å². The summed E-state index contributed by atoms with van der Waals surface area (Å²) in [4.78, 5) is 13.5. The molecule has 1 aliphatic heterocycles. The number of benzene rings is 2. The number of methoxy groups -OCH3 is 2. The second-order valence-corrected chi connectivity index (χ2v) is 6.29. The average molecular weight is 401 g/mol. The highest BCUT2D eigenvalue weighted by Gasteiger charge is 2.41. The number of carbonyl (C=O) groups excluding carboxylic acids is 1. The Kier molecular flexibility index (Phi) is 5.10. The third-order valence-electron chi connectivity index (χ3n) is 4.14. The Labute approximate surface area is 158 Å². The molecule has 1 amide bonds. The van der Waals surface area contributed by atoms with Crippen molar-refractivity contribution >= 4 is 23.2 Å². The number of fused-ring (bicyclic) bond motifs is 1. The zero-order valence-electron chi connectivity index (χ0n) is 14.4. The van der Waals surface area contributed by atoms with Crippen LogP contribution in [0.15, 0.2) is 36.4 Å². The highest BCUT2D eigenvalue weighted by molar-refractivity contribution is 6.32. The van der Waals surface area contributed by atoms with Gasteiger partial charge in [-0.3, -0.25) is 4.79 Å². The second-order valence-electron chi connectivity index (χ2n) is 5.88. The SMILES string of the molecule is COc1cc([C@H]2Nc3ccccc3C(=O)N2CC(F)(F)F)cc(Cl)c1OC. The minimum atomic E-state index is -4.57. The summed E-state index contributed by atoms with van der Waals surface area (Å²) in [7, 11) is 2.79. The van der Waals surface area contributed by atoms with E-state index in [9.17, 15) is 18.0 Å². The Hall–Kier alpha value is -2.61. The summed E-state index contributed by atoms with van der Waals surface area (Å²) in [5.74, 6) is -0.217. The van der Waals surface area contributed by atoms with Crippen LogP contribution < -0.4 is 14.8 Å². The number of hydrogen-bond donors (Lipinski definition) is 1. The molecule has 0 spiro atoms. The normalized spacial score (nSPS) is 16.6. The van der Waals surface area contributed by atoms with E-state index in [-0.39, 0.29) is 22.1 Å². The van der Waals surface area contributed by atoms with E-state index in [1.807, 2.05) is 0 Å². The number of anilines is 1. The van der Waals surface area contributed by atoms with Crippen molar-refractivity contribution in [1.29, 1.82) is 0 Å². The molecule has 9 heteroatoms. The van der Waals surface area contributed by atoms with Crippen LogP contribution in [0.5, 0.6) is 11.5 Å². The molecule has 0 radical (unpaired) electrons. The van der Waals surface area contributed by atoms with Crippen molar-refractivity contribution in [2.75, 3.05) is 26.1 Å². The molecule has 0 aliphatic carbocycles. The monoisotopic (exact) mass is 400 g/mol. The molecular formula is C18H16ClF3N2O3. The van der Waals surface area contributed by atoms with Gasteiger partial charge in [0.2, 0.25) is 0 Å². The Morgan fingerprint density at radius 1 is 1.19 bits per heavy atom. The van der Waals surface area contributed by atoms with Crippen LogP contribution >= 0.6 is 11.6 Å². The van der Waals surface area contributed by atoms with E-state index in [4.69, 9.17) is 21.1 Å². The third kappa shape index (κ3) is 3.75. The number of carbonyl (C=O) groups is 1. The summed E-state index contributed by atoms with van der Waals surface area (Å²) < 4.78 is 49.8. The van der Waals surface area contributed by atoms with Crippen LogP contribution in [0.3, 0.4) is 0 Å². The van der Waals surface area contributed by atoms with E-state index in [1.165, 1.54) is 32.4 Å². The van der Waals surface area contributed by atoms with Crippen molar-refractivity contribution < 1.29 is 27.4 Å². The average Bonchev–Trinajstić information content (AvgIpc) is 2.62. The highest BCUT2D eigenvalue weighted by Crippen LogP contribution is 2.41. The Balaban J connectivity index is 2.11. The molecule has 1 heterocycles. The topological polar surface area (TPSA) is 50.8 Å². The van der Waals surface area contributed by atoms with Crippen molar-refractivity contribution in [1.82, 2.24) is 4.90 Å². The Morgan fingerprint density at radius 3 is 2.52 bits per heavy atom. The molecule has 1 N–H and O–H groups in total. The first-order chi connectivity index (χ1) is 12.7. The summed E-state index contributed by atoms with van der Waals surface area (Å²) in [6.45, 7) is -1.41. The van der Waals surface area contributed by atoms with E-state index in [2.05, 4.69) is 5.32 Å². The molecule has 1 atom stereocenters. The molecular weight excluding hydrogens is 385 g/mol. The van der Waals surface area contributed by atoms with Gasteiger partial charge < -0.3 is 19.7 Å². The Morgan fingerprint density at radius 2 is 1.89 bits per heavy atom. The molecule has 0 saturated carbocycles. The van der Waals surface area contributed by atoms with Gasteiger partial charge in [-0.05, 0) is 24.3 Å². The number of nitrogens with one attached hydrogen (secondary N) is 1. The van der Waals surface area contributed by atoms with Gasteiger partial charge in [-0.1, -0.05) is 23.7 Å². The van der Waals surface area contributed by atoms with Crippen LogP contribution in [0.25, 0.3) is 0 Å². The first-order valence-electron chi connectivity index (χ1n) is 7.90. The first kappa shape index (κ1) is 19.2. The molecule has 2 aromatic carbocycles. The number of rotatable bonds is 4. The zero-order chi connectivity index (χ0) is 19.8. The number of halogens is 4. The number of para-hydroxylation sites is 1. The number of amides is 1. The molecule has 3 rings (SSSR count). The van der Waals surface area contributed by atoms with Crippen LogP contribution in [0.2, 0.25) is 5.02 Å². The highest BCUT2D eigenvalue weighted by atomic mass is 35.5. The van der Waals surface area contributed by atoms with Crippen molar-refractivity contribution in [3.05, 3.63) is 52.5 Å². The maximum atomic E-state index is 13.1. The summed E-state index contributed by atoms with van der Waals surface area (Å²) in [5, 5.41) is 3.14. The van der Waals surface area contributed by atoms with Crippen LogP contribution in [-0.4, -0.2) is 37.7 Å². The van der Waals surface area contributed by atoms with Crippen LogP contribution in [0.4, 0.5) is 18.9 Å². The van der Waals surface area contributed by atoms with Gasteiger partial charge >= 0.3 is 6.18 Å². The van der Waals surface area contributed by atoms with Gasteiger partial charge in [-0.15, -0.1) is 0 Å². The molecule has 0 bridgehead atoms. The summed E-state index contributed by atoms with van der Waals surface area (Å²) >= 11 is 6.19. The fourth-order valence-corrected chi connectivity index (χ4v) is 3.30. The van der Waals surface area contributed by atoms with E-state index in [0.29, 0.717) is 11.3 Å². The van der Waals surface area contributed by atoms with Gasteiger partial charge in [0, 0.05) is 11.3 Å². The number of hydrogen-bond acceptors (Lipinski definition) is 4. The number of alkyl halides is 3. The van der Waals surface area contributed by atoms with Gasteiger partial charge in [-0.25, -0.2) is 0 Å². The minimum Gasteiger partial charge on any atom is -0.493 e. The molecule has 2 aromatic rings. The molecule has 0 fully saturated rings. The van der Waals surface area contributed by atoms with Gasteiger partial charge in [0.25, 0.3) is 5.91 Å². The van der Waals surface area contributed by atoms with E-state index in [0.717, 1.165) is 4.90 Å². The number of ether oxygens (including phenoxy) is 2. The lowest BCUT2D eigenvalue weighted by atomic mass is 10.0. The number of nitrogens with zero attached hydrogens (tertiary/aromatic N) is 1. The van der Waals surface area contributed by atoms with Crippen LogP contribution in [-0.2, 0) is 0 Å². The smallest absolute Gasteiger partial charge is 0.406 e. The maximum absolute atomic E-state index is 13.1. The van der Waals surface area contributed by atoms with Gasteiger partial charge in [0.15, 0.2) is 11.5 Å². The maximum Gasteiger partial charge on any atom is 0.406 e. The third-order valence-corrected chi connectivity index (χ3v) is 4.42. The molecule has 5 nitrogen and oxygen atoms in total. The Bertz CT molecular complexity index is 873. The van der Waals surface area contributed by atoms with Crippen molar-refractivity contribution in [3.63, 3.8) is 0 Å². The molecule has 144 valence electrons. The van der Waals surface area contributed by atoms with Gasteiger partial charge in [0.1, 0.15) is 12.7 Å². The van der Waals surface area contributed by atoms with Gasteiger partial charge in [-0.2, -0.15) is 13.2 Å².